The first kappa shape index (κ1) is 24.3. The van der Waals surface area contributed by atoms with Crippen LogP contribution in [0.5, 0.6) is 0 Å². The van der Waals surface area contributed by atoms with E-state index in [0.717, 1.165) is 11.1 Å². The molecule has 0 aromatic heterocycles. The van der Waals surface area contributed by atoms with Crippen LogP contribution in [0.25, 0.3) is 0 Å². The van der Waals surface area contributed by atoms with Crippen LogP contribution < -0.4 is 0 Å². The highest BCUT2D eigenvalue weighted by atomic mass is 16.7. The number of ether oxygens (including phenoxy) is 5. The lowest BCUT2D eigenvalue weighted by molar-refractivity contribution is -0.313. The molecule has 32 heavy (non-hydrogen) atoms. The highest BCUT2D eigenvalue weighted by molar-refractivity contribution is 5.14. The number of aliphatic hydroxyl groups is 1. The highest BCUT2D eigenvalue weighted by Gasteiger charge is 2.47. The van der Waals surface area contributed by atoms with E-state index in [9.17, 15) is 5.11 Å². The molecule has 0 bridgehead atoms. The Morgan fingerprint density at radius 3 is 1.88 bits per heavy atom. The van der Waals surface area contributed by atoms with Gasteiger partial charge in [0, 0.05) is 0 Å². The van der Waals surface area contributed by atoms with Crippen molar-refractivity contribution >= 4 is 0 Å². The number of aliphatic hydroxyl groups excluding tert-OH is 1. The lowest BCUT2D eigenvalue weighted by Gasteiger charge is -2.44. The standard InChI is InChI=1S/C26H32O6/c1-3-15-28-19-22-23(30-17-20-11-7-5-8-12-20)24(29-16-4-2)25(26(27)32-22)31-18-21-13-9-6-10-14-21/h3-14,22-27H,1-2,15-19H2/t22-,23+,24+,25-,26+/m1/s1. The molecule has 1 heterocycles. The molecule has 1 saturated heterocycles. The fourth-order valence-corrected chi connectivity index (χ4v) is 3.58. The molecule has 1 aliphatic heterocycles. The molecule has 6 heteroatoms. The molecule has 6 nitrogen and oxygen atoms in total. The first-order chi connectivity index (χ1) is 15.7. The average molecular weight is 441 g/mol. The quantitative estimate of drug-likeness (QED) is 0.379. The van der Waals surface area contributed by atoms with Crippen molar-refractivity contribution in [3.05, 3.63) is 97.1 Å². The van der Waals surface area contributed by atoms with Crippen molar-refractivity contribution in [3.63, 3.8) is 0 Å². The predicted octanol–water partition coefficient (Wildman–Crippen LogP) is 3.65. The van der Waals surface area contributed by atoms with Gasteiger partial charge in [0.2, 0.25) is 0 Å². The Bertz CT molecular complexity index is 796. The molecule has 0 spiro atoms. The van der Waals surface area contributed by atoms with Crippen molar-refractivity contribution in [2.24, 2.45) is 0 Å². The van der Waals surface area contributed by atoms with Crippen molar-refractivity contribution in [2.75, 3.05) is 19.8 Å². The summed E-state index contributed by atoms with van der Waals surface area (Å²) >= 11 is 0. The summed E-state index contributed by atoms with van der Waals surface area (Å²) in [5.74, 6) is 0. The molecule has 0 saturated carbocycles. The van der Waals surface area contributed by atoms with Crippen LogP contribution in [0.15, 0.2) is 86.0 Å². The maximum Gasteiger partial charge on any atom is 0.184 e. The van der Waals surface area contributed by atoms with E-state index in [4.69, 9.17) is 23.7 Å². The largest absolute Gasteiger partial charge is 0.375 e. The molecule has 2 aromatic rings. The first-order valence-electron chi connectivity index (χ1n) is 10.8. The Hall–Kier alpha value is -2.32. The summed E-state index contributed by atoms with van der Waals surface area (Å²) in [6.45, 7) is 8.97. The van der Waals surface area contributed by atoms with Crippen molar-refractivity contribution in [1.29, 1.82) is 0 Å². The van der Waals surface area contributed by atoms with Crippen LogP contribution in [0.3, 0.4) is 0 Å². The molecular weight excluding hydrogens is 408 g/mol. The van der Waals surface area contributed by atoms with Gasteiger partial charge in [-0.05, 0) is 11.1 Å². The predicted molar refractivity (Wildman–Crippen MR) is 122 cm³/mol. The second-order valence-corrected chi connectivity index (χ2v) is 7.50. The van der Waals surface area contributed by atoms with Gasteiger partial charge in [0.1, 0.15) is 24.4 Å². The van der Waals surface area contributed by atoms with Crippen molar-refractivity contribution in [1.82, 2.24) is 0 Å². The molecule has 1 aliphatic rings. The molecule has 172 valence electrons. The van der Waals surface area contributed by atoms with E-state index >= 15 is 0 Å². The maximum absolute atomic E-state index is 10.8. The third kappa shape index (κ3) is 7.10. The molecule has 0 amide bonds. The Morgan fingerprint density at radius 2 is 1.31 bits per heavy atom. The van der Waals surface area contributed by atoms with Crippen LogP contribution in [-0.4, -0.2) is 55.6 Å². The summed E-state index contributed by atoms with van der Waals surface area (Å²) in [5.41, 5.74) is 2.01. The van der Waals surface area contributed by atoms with Crippen molar-refractivity contribution in [3.8, 4) is 0 Å². The summed E-state index contributed by atoms with van der Waals surface area (Å²) in [6.07, 6.45) is -0.260. The van der Waals surface area contributed by atoms with Gasteiger partial charge in [-0.25, -0.2) is 0 Å². The van der Waals surface area contributed by atoms with Crippen LogP contribution in [0, 0.1) is 0 Å². The van der Waals surface area contributed by atoms with Crippen LogP contribution in [0.2, 0.25) is 0 Å². The molecule has 1 fully saturated rings. The number of hydrogen-bond donors (Lipinski definition) is 1. The molecule has 2 aromatic carbocycles. The fourth-order valence-electron chi connectivity index (χ4n) is 3.58. The Balaban J connectivity index is 1.77. The lowest BCUT2D eigenvalue weighted by atomic mass is 9.98. The van der Waals surface area contributed by atoms with Crippen LogP contribution in [-0.2, 0) is 36.9 Å². The highest BCUT2D eigenvalue weighted by Crippen LogP contribution is 2.29. The second-order valence-electron chi connectivity index (χ2n) is 7.50. The lowest BCUT2D eigenvalue weighted by Crippen LogP contribution is -2.61. The molecule has 0 radical (unpaired) electrons. The summed E-state index contributed by atoms with van der Waals surface area (Å²) in [7, 11) is 0. The van der Waals surface area contributed by atoms with Gasteiger partial charge in [0.15, 0.2) is 6.29 Å². The molecule has 5 atom stereocenters. The minimum atomic E-state index is -1.19. The monoisotopic (exact) mass is 440 g/mol. The summed E-state index contributed by atoms with van der Waals surface area (Å²) < 4.78 is 29.9. The fraction of sp³-hybridized carbons (Fsp3) is 0.385. The molecular formula is C26H32O6. The summed E-state index contributed by atoms with van der Waals surface area (Å²) in [5, 5.41) is 10.8. The summed E-state index contributed by atoms with van der Waals surface area (Å²) in [6, 6.07) is 19.6. The zero-order chi connectivity index (χ0) is 22.6. The van der Waals surface area contributed by atoms with Gasteiger partial charge in [-0.2, -0.15) is 0 Å². The Labute approximate surface area is 190 Å². The molecule has 0 unspecified atom stereocenters. The van der Waals surface area contributed by atoms with E-state index in [0.29, 0.717) is 19.8 Å². The first-order valence-corrected chi connectivity index (χ1v) is 10.8. The van der Waals surface area contributed by atoms with Gasteiger partial charge in [-0.3, -0.25) is 0 Å². The van der Waals surface area contributed by atoms with Crippen LogP contribution in [0.4, 0.5) is 0 Å². The van der Waals surface area contributed by atoms with E-state index in [1.807, 2.05) is 60.7 Å². The SMILES string of the molecule is C=CCOC[C@H]1O[C@H](O)[C@H](OCc2ccccc2)[C@@H](OCC=C)[C@H]1OCc1ccccc1. The van der Waals surface area contributed by atoms with E-state index in [1.54, 1.807) is 12.2 Å². The van der Waals surface area contributed by atoms with Crippen molar-refractivity contribution in [2.45, 2.75) is 43.9 Å². The minimum absolute atomic E-state index is 0.224. The third-order valence-electron chi connectivity index (χ3n) is 5.10. The van der Waals surface area contributed by atoms with E-state index in [-0.39, 0.29) is 13.2 Å². The normalized spacial score (nSPS) is 25.3. The average Bonchev–Trinajstić information content (AvgIpc) is 2.83. The topological polar surface area (TPSA) is 66.4 Å². The van der Waals surface area contributed by atoms with E-state index < -0.39 is 30.7 Å². The molecule has 0 aliphatic carbocycles. The van der Waals surface area contributed by atoms with E-state index in [2.05, 4.69) is 13.2 Å². The Kier molecular flexibility index (Phi) is 10.1. The van der Waals surface area contributed by atoms with Crippen LogP contribution in [0.1, 0.15) is 11.1 Å². The van der Waals surface area contributed by atoms with Gasteiger partial charge in [-0.1, -0.05) is 72.8 Å². The van der Waals surface area contributed by atoms with Crippen molar-refractivity contribution < 1.29 is 28.8 Å². The smallest absolute Gasteiger partial charge is 0.184 e. The van der Waals surface area contributed by atoms with Gasteiger partial charge in [-0.15, -0.1) is 13.2 Å². The van der Waals surface area contributed by atoms with Gasteiger partial charge in [0.25, 0.3) is 0 Å². The summed E-state index contributed by atoms with van der Waals surface area (Å²) in [4.78, 5) is 0. The minimum Gasteiger partial charge on any atom is -0.375 e. The number of rotatable bonds is 13. The zero-order valence-corrected chi connectivity index (χ0v) is 18.3. The molecule has 3 rings (SSSR count). The van der Waals surface area contributed by atoms with E-state index in [1.165, 1.54) is 0 Å². The molecule has 1 N–H and O–H groups in total. The van der Waals surface area contributed by atoms with Gasteiger partial charge >= 0.3 is 0 Å². The zero-order valence-electron chi connectivity index (χ0n) is 18.3. The Morgan fingerprint density at radius 1 is 0.750 bits per heavy atom. The van der Waals surface area contributed by atoms with Crippen LogP contribution >= 0.6 is 0 Å². The van der Waals surface area contributed by atoms with Gasteiger partial charge in [0.05, 0.1) is 33.0 Å². The number of benzene rings is 2. The van der Waals surface area contributed by atoms with Gasteiger partial charge < -0.3 is 28.8 Å². The number of hydrogen-bond acceptors (Lipinski definition) is 6. The second kappa shape index (κ2) is 13.3. The third-order valence-corrected chi connectivity index (χ3v) is 5.10. The maximum atomic E-state index is 10.8.